The first kappa shape index (κ1) is 24.1. The molecule has 1 aliphatic heterocycles. The van der Waals surface area contributed by atoms with Crippen LogP contribution in [0.25, 0.3) is 0 Å². The average Bonchev–Trinajstić information content (AvgIpc) is 3.31. The number of non-ortho nitro benzene ring substituents is 1. The number of carbonyl (C=O) groups is 2. The second kappa shape index (κ2) is 11.9. The number of carbonyl (C=O) groups excluding carboxylic acids is 2. The molecule has 1 aliphatic rings. The molecule has 0 aromatic heterocycles. The van der Waals surface area contributed by atoms with Gasteiger partial charge in [-0.1, -0.05) is 30.3 Å². The SMILES string of the molecule is O=C(C[C@@H](O)[C@H](Cc1ccccc1)NC(=O)OCc1ccc([N+](=O)[O-])cc1)N[C@H]1CCNC1. The Labute approximate surface area is 191 Å². The molecule has 176 valence electrons. The maximum absolute atomic E-state index is 12.4. The van der Waals surface area contributed by atoms with E-state index in [1.165, 1.54) is 24.3 Å². The van der Waals surface area contributed by atoms with Gasteiger partial charge < -0.3 is 25.8 Å². The summed E-state index contributed by atoms with van der Waals surface area (Å²) in [5.41, 5.74) is 1.42. The fraction of sp³-hybridized carbons (Fsp3) is 0.391. The van der Waals surface area contributed by atoms with Crippen molar-refractivity contribution in [3.05, 3.63) is 75.8 Å². The summed E-state index contributed by atoms with van der Waals surface area (Å²) in [5.74, 6) is -0.282. The number of nitrogens with zero attached hydrogens (tertiary/aromatic N) is 1. The van der Waals surface area contributed by atoms with Crippen LogP contribution in [0.2, 0.25) is 0 Å². The van der Waals surface area contributed by atoms with Crippen LogP contribution in [0.1, 0.15) is 24.0 Å². The predicted octanol–water partition coefficient (Wildman–Crippen LogP) is 1.66. The standard InChI is InChI=1S/C23H28N4O6/c28-21(13-22(29)25-18-10-11-24-14-18)20(12-16-4-2-1-3-5-16)26-23(30)33-15-17-6-8-19(9-7-17)27(31)32/h1-9,18,20-21,24,28H,10-15H2,(H,25,29)(H,26,30)/t18-,20-,21+/m0/s1. The Balaban J connectivity index is 1.57. The summed E-state index contributed by atoms with van der Waals surface area (Å²) in [6, 6.07) is 14.3. The number of benzene rings is 2. The molecule has 10 heteroatoms. The zero-order chi connectivity index (χ0) is 23.6. The summed E-state index contributed by atoms with van der Waals surface area (Å²) in [7, 11) is 0. The molecule has 0 unspecified atom stereocenters. The molecule has 0 saturated carbocycles. The second-order valence-corrected chi connectivity index (χ2v) is 7.97. The molecule has 10 nitrogen and oxygen atoms in total. The molecular formula is C23H28N4O6. The van der Waals surface area contributed by atoms with Crippen molar-refractivity contribution in [2.45, 2.75) is 44.1 Å². The molecule has 0 radical (unpaired) electrons. The molecule has 1 fully saturated rings. The van der Waals surface area contributed by atoms with E-state index in [0.29, 0.717) is 18.5 Å². The molecule has 0 aliphatic carbocycles. The fourth-order valence-corrected chi connectivity index (χ4v) is 3.60. The van der Waals surface area contributed by atoms with Gasteiger partial charge in [-0.15, -0.1) is 0 Å². The van der Waals surface area contributed by atoms with Crippen molar-refractivity contribution < 1.29 is 24.4 Å². The highest BCUT2D eigenvalue weighted by Gasteiger charge is 2.26. The third-order valence-electron chi connectivity index (χ3n) is 5.40. The van der Waals surface area contributed by atoms with Gasteiger partial charge in [0.15, 0.2) is 0 Å². The van der Waals surface area contributed by atoms with Crippen LogP contribution in [0.4, 0.5) is 10.5 Å². The molecule has 2 amide bonds. The average molecular weight is 456 g/mol. The lowest BCUT2D eigenvalue weighted by Gasteiger charge is -2.24. The number of rotatable bonds is 10. The van der Waals surface area contributed by atoms with Gasteiger partial charge in [-0.3, -0.25) is 14.9 Å². The van der Waals surface area contributed by atoms with E-state index in [4.69, 9.17) is 4.74 Å². The van der Waals surface area contributed by atoms with Gasteiger partial charge in [-0.2, -0.15) is 0 Å². The lowest BCUT2D eigenvalue weighted by atomic mass is 9.99. The van der Waals surface area contributed by atoms with Crippen LogP contribution in [0, 0.1) is 10.1 Å². The topological polar surface area (TPSA) is 143 Å². The van der Waals surface area contributed by atoms with Gasteiger partial charge in [-0.25, -0.2) is 4.79 Å². The quantitative estimate of drug-likeness (QED) is 0.314. The van der Waals surface area contributed by atoms with Gasteiger partial charge in [0.2, 0.25) is 5.91 Å². The number of aliphatic hydroxyl groups excluding tert-OH is 1. The normalized spacial score (nSPS) is 17.1. The van der Waals surface area contributed by atoms with Crippen LogP contribution in [0.3, 0.4) is 0 Å². The van der Waals surface area contributed by atoms with Crippen molar-refractivity contribution in [3.63, 3.8) is 0 Å². The van der Waals surface area contributed by atoms with Crippen molar-refractivity contribution in [2.24, 2.45) is 0 Å². The summed E-state index contributed by atoms with van der Waals surface area (Å²) in [4.78, 5) is 35.0. The van der Waals surface area contributed by atoms with Crippen LogP contribution in [-0.2, 0) is 22.6 Å². The van der Waals surface area contributed by atoms with E-state index >= 15 is 0 Å². The van der Waals surface area contributed by atoms with Crippen molar-refractivity contribution >= 4 is 17.7 Å². The zero-order valence-corrected chi connectivity index (χ0v) is 18.1. The van der Waals surface area contributed by atoms with Gasteiger partial charge in [0.05, 0.1) is 23.5 Å². The largest absolute Gasteiger partial charge is 0.445 e. The van der Waals surface area contributed by atoms with E-state index in [0.717, 1.165) is 18.5 Å². The second-order valence-electron chi connectivity index (χ2n) is 7.97. The highest BCUT2D eigenvalue weighted by atomic mass is 16.6. The van der Waals surface area contributed by atoms with Crippen molar-refractivity contribution in [1.82, 2.24) is 16.0 Å². The number of aliphatic hydroxyl groups is 1. The number of nitrogens with one attached hydrogen (secondary N) is 3. The molecule has 4 N–H and O–H groups in total. The Hall–Kier alpha value is -3.50. The number of hydrogen-bond acceptors (Lipinski definition) is 7. The van der Waals surface area contributed by atoms with Crippen molar-refractivity contribution in [1.29, 1.82) is 0 Å². The maximum atomic E-state index is 12.4. The first-order valence-corrected chi connectivity index (χ1v) is 10.8. The monoisotopic (exact) mass is 456 g/mol. The fourth-order valence-electron chi connectivity index (χ4n) is 3.60. The minimum absolute atomic E-state index is 0.0388. The van der Waals surface area contributed by atoms with E-state index in [1.807, 2.05) is 30.3 Å². The molecule has 33 heavy (non-hydrogen) atoms. The van der Waals surface area contributed by atoms with Gasteiger partial charge in [0.25, 0.3) is 5.69 Å². The number of ether oxygens (including phenoxy) is 1. The molecule has 2 aromatic carbocycles. The maximum Gasteiger partial charge on any atom is 0.407 e. The summed E-state index contributed by atoms with van der Waals surface area (Å²) in [6.45, 7) is 1.45. The minimum Gasteiger partial charge on any atom is -0.445 e. The zero-order valence-electron chi connectivity index (χ0n) is 18.1. The van der Waals surface area contributed by atoms with Crippen LogP contribution in [-0.4, -0.2) is 53.3 Å². The Morgan fingerprint density at radius 1 is 1.15 bits per heavy atom. The third kappa shape index (κ3) is 7.85. The Morgan fingerprint density at radius 2 is 1.88 bits per heavy atom. The molecular weight excluding hydrogens is 428 g/mol. The highest BCUT2D eigenvalue weighted by molar-refractivity contribution is 5.77. The molecule has 2 aromatic rings. The van der Waals surface area contributed by atoms with E-state index < -0.39 is 23.2 Å². The highest BCUT2D eigenvalue weighted by Crippen LogP contribution is 2.13. The summed E-state index contributed by atoms with van der Waals surface area (Å²) in [6.07, 6.45) is -0.883. The van der Waals surface area contributed by atoms with E-state index in [9.17, 15) is 24.8 Å². The van der Waals surface area contributed by atoms with E-state index in [2.05, 4.69) is 16.0 Å². The van der Waals surface area contributed by atoms with E-state index in [1.54, 1.807) is 0 Å². The predicted molar refractivity (Wildman–Crippen MR) is 120 cm³/mol. The summed E-state index contributed by atoms with van der Waals surface area (Å²) >= 11 is 0. The molecule has 1 heterocycles. The smallest absolute Gasteiger partial charge is 0.407 e. The third-order valence-corrected chi connectivity index (χ3v) is 5.40. The molecule has 0 spiro atoms. The van der Waals surface area contributed by atoms with E-state index in [-0.39, 0.29) is 30.7 Å². The molecule has 3 atom stereocenters. The van der Waals surface area contributed by atoms with Crippen LogP contribution < -0.4 is 16.0 Å². The number of hydrogen-bond donors (Lipinski definition) is 4. The van der Waals surface area contributed by atoms with Crippen LogP contribution in [0.15, 0.2) is 54.6 Å². The lowest BCUT2D eigenvalue weighted by molar-refractivity contribution is -0.384. The van der Waals surface area contributed by atoms with Gasteiger partial charge in [0.1, 0.15) is 6.61 Å². The molecule has 3 rings (SSSR count). The molecule has 1 saturated heterocycles. The Bertz CT molecular complexity index is 932. The van der Waals surface area contributed by atoms with Crippen molar-refractivity contribution in [3.8, 4) is 0 Å². The minimum atomic E-state index is -1.12. The Kier molecular flexibility index (Phi) is 8.73. The number of nitro groups is 1. The Morgan fingerprint density at radius 3 is 2.52 bits per heavy atom. The van der Waals surface area contributed by atoms with Gasteiger partial charge in [0, 0.05) is 24.7 Å². The first-order chi connectivity index (χ1) is 15.9. The lowest BCUT2D eigenvalue weighted by Crippen LogP contribution is -2.47. The summed E-state index contributed by atoms with van der Waals surface area (Å²) in [5, 5.41) is 30.2. The first-order valence-electron chi connectivity index (χ1n) is 10.8. The number of nitro benzene ring substituents is 1. The van der Waals surface area contributed by atoms with Crippen LogP contribution in [0.5, 0.6) is 0 Å². The van der Waals surface area contributed by atoms with Gasteiger partial charge in [-0.05, 0) is 42.6 Å². The summed E-state index contributed by atoms with van der Waals surface area (Å²) < 4.78 is 5.22. The number of alkyl carbamates (subject to hydrolysis) is 1. The van der Waals surface area contributed by atoms with Gasteiger partial charge >= 0.3 is 6.09 Å². The van der Waals surface area contributed by atoms with Crippen LogP contribution >= 0.6 is 0 Å². The molecule has 0 bridgehead atoms. The van der Waals surface area contributed by atoms with Crippen molar-refractivity contribution in [2.75, 3.05) is 13.1 Å². The number of amides is 2.